The molecule has 0 fully saturated rings. The summed E-state index contributed by atoms with van der Waals surface area (Å²) in [6.07, 6.45) is 1.16. The van der Waals surface area contributed by atoms with Gasteiger partial charge in [0.05, 0.1) is 0 Å². The number of benzene rings is 2. The summed E-state index contributed by atoms with van der Waals surface area (Å²) in [6.45, 7) is 1.90. The van der Waals surface area contributed by atoms with Gasteiger partial charge in [-0.05, 0) is 24.1 Å². The Morgan fingerprint density at radius 3 is 2.33 bits per heavy atom. The zero-order chi connectivity index (χ0) is 17.5. The number of aryl methyl sites for hydroxylation is 1. The third kappa shape index (κ3) is 5.05. The topological polar surface area (TPSA) is 66.4 Å². The van der Waals surface area contributed by atoms with Gasteiger partial charge < -0.3 is 10.4 Å². The molecule has 0 radical (unpaired) electrons. The standard InChI is InChI=1S/C19H18FNO3/c1-13-7-9-15(10-8-13)11-16(20)18(22)21-17(19(23)24)12-14-5-3-2-4-6-14/h2-11,17H,12H2,1H3,(H,21,22)(H,23,24)/b16-11-/t17-/m1/s1. The normalized spacial score (nSPS) is 12.5. The van der Waals surface area contributed by atoms with Crippen molar-refractivity contribution in [2.75, 3.05) is 0 Å². The van der Waals surface area contributed by atoms with Crippen molar-refractivity contribution < 1.29 is 19.1 Å². The van der Waals surface area contributed by atoms with Crippen LogP contribution in [0.2, 0.25) is 0 Å². The number of carbonyl (C=O) groups is 2. The number of carboxylic acid groups (broad SMARTS) is 1. The van der Waals surface area contributed by atoms with Gasteiger partial charge >= 0.3 is 5.97 Å². The Labute approximate surface area is 139 Å². The fraction of sp³-hybridized carbons (Fsp3) is 0.158. The van der Waals surface area contributed by atoms with E-state index in [0.29, 0.717) is 5.56 Å². The van der Waals surface area contributed by atoms with Gasteiger partial charge in [0.1, 0.15) is 6.04 Å². The molecule has 0 spiro atoms. The van der Waals surface area contributed by atoms with Crippen molar-refractivity contribution in [3.05, 3.63) is 77.1 Å². The first-order chi connectivity index (χ1) is 11.5. The van der Waals surface area contributed by atoms with Crippen LogP contribution in [-0.2, 0) is 16.0 Å². The predicted octanol–water partition coefficient (Wildman–Crippen LogP) is 3.12. The number of hydrogen-bond acceptors (Lipinski definition) is 2. The molecular formula is C19H18FNO3. The van der Waals surface area contributed by atoms with Gasteiger partial charge in [0, 0.05) is 6.42 Å². The number of carbonyl (C=O) groups excluding carboxylic acids is 1. The van der Waals surface area contributed by atoms with E-state index in [0.717, 1.165) is 17.2 Å². The lowest BCUT2D eigenvalue weighted by Gasteiger charge is -2.14. The predicted molar refractivity (Wildman–Crippen MR) is 90.0 cm³/mol. The van der Waals surface area contributed by atoms with Gasteiger partial charge in [-0.15, -0.1) is 0 Å². The molecule has 24 heavy (non-hydrogen) atoms. The molecule has 0 aliphatic carbocycles. The molecule has 0 unspecified atom stereocenters. The highest BCUT2D eigenvalue weighted by Crippen LogP contribution is 2.11. The van der Waals surface area contributed by atoms with Crippen LogP contribution in [0, 0.1) is 6.92 Å². The fourth-order valence-electron chi connectivity index (χ4n) is 2.15. The molecule has 0 saturated heterocycles. The van der Waals surface area contributed by atoms with E-state index in [9.17, 15) is 19.1 Å². The van der Waals surface area contributed by atoms with Crippen molar-refractivity contribution in [1.29, 1.82) is 0 Å². The molecule has 2 aromatic carbocycles. The second kappa shape index (κ2) is 8.06. The van der Waals surface area contributed by atoms with Crippen molar-refractivity contribution >= 4 is 18.0 Å². The summed E-state index contributed by atoms with van der Waals surface area (Å²) in [5.74, 6) is -3.28. The van der Waals surface area contributed by atoms with Gasteiger partial charge in [-0.25, -0.2) is 9.18 Å². The van der Waals surface area contributed by atoms with Crippen LogP contribution in [-0.4, -0.2) is 23.0 Å². The van der Waals surface area contributed by atoms with E-state index < -0.39 is 23.7 Å². The molecule has 0 saturated carbocycles. The van der Waals surface area contributed by atoms with Gasteiger partial charge in [0.25, 0.3) is 5.91 Å². The quantitative estimate of drug-likeness (QED) is 0.801. The molecule has 2 N–H and O–H groups in total. The second-order valence-electron chi connectivity index (χ2n) is 5.46. The highest BCUT2D eigenvalue weighted by molar-refractivity contribution is 5.97. The molecule has 0 bridgehead atoms. The Balaban J connectivity index is 2.06. The number of nitrogens with one attached hydrogen (secondary N) is 1. The maximum absolute atomic E-state index is 14.0. The van der Waals surface area contributed by atoms with Crippen molar-refractivity contribution in [3.8, 4) is 0 Å². The lowest BCUT2D eigenvalue weighted by molar-refractivity contribution is -0.141. The third-order valence-electron chi connectivity index (χ3n) is 3.47. The van der Waals surface area contributed by atoms with Gasteiger partial charge in [-0.1, -0.05) is 60.2 Å². The Bertz CT molecular complexity index is 739. The van der Waals surface area contributed by atoms with Crippen LogP contribution in [0.25, 0.3) is 6.08 Å². The van der Waals surface area contributed by atoms with Crippen LogP contribution in [0.3, 0.4) is 0 Å². The zero-order valence-corrected chi connectivity index (χ0v) is 13.2. The van der Waals surface area contributed by atoms with E-state index in [1.54, 1.807) is 48.5 Å². The number of aliphatic carboxylic acids is 1. The third-order valence-corrected chi connectivity index (χ3v) is 3.47. The lowest BCUT2D eigenvalue weighted by atomic mass is 10.1. The van der Waals surface area contributed by atoms with Gasteiger partial charge in [0.15, 0.2) is 5.83 Å². The van der Waals surface area contributed by atoms with Crippen molar-refractivity contribution in [3.63, 3.8) is 0 Å². The maximum Gasteiger partial charge on any atom is 0.326 e. The molecule has 124 valence electrons. The molecule has 2 aromatic rings. The average molecular weight is 327 g/mol. The van der Waals surface area contributed by atoms with E-state index in [2.05, 4.69) is 5.32 Å². The minimum Gasteiger partial charge on any atom is -0.480 e. The first-order valence-electron chi connectivity index (χ1n) is 7.47. The Morgan fingerprint density at radius 1 is 1.12 bits per heavy atom. The highest BCUT2D eigenvalue weighted by atomic mass is 19.1. The second-order valence-corrected chi connectivity index (χ2v) is 5.46. The molecular weight excluding hydrogens is 309 g/mol. The Hall–Kier alpha value is -2.95. The Kier molecular flexibility index (Phi) is 5.84. The molecule has 0 aromatic heterocycles. The summed E-state index contributed by atoms with van der Waals surface area (Å²) in [7, 11) is 0. The summed E-state index contributed by atoms with van der Waals surface area (Å²) in [6, 6.07) is 14.6. The SMILES string of the molecule is Cc1ccc(/C=C(\F)C(=O)N[C@H](Cc2ccccc2)C(=O)O)cc1. The molecule has 2 rings (SSSR count). The van der Waals surface area contributed by atoms with Gasteiger partial charge in [-0.2, -0.15) is 0 Å². The highest BCUT2D eigenvalue weighted by Gasteiger charge is 2.22. The number of carboxylic acids is 1. The summed E-state index contributed by atoms with van der Waals surface area (Å²) < 4.78 is 14.0. The number of hydrogen-bond donors (Lipinski definition) is 2. The fourth-order valence-corrected chi connectivity index (χ4v) is 2.15. The minimum atomic E-state index is -1.21. The van der Waals surface area contributed by atoms with Crippen LogP contribution >= 0.6 is 0 Å². The minimum absolute atomic E-state index is 0.0831. The molecule has 0 aliphatic heterocycles. The van der Waals surface area contributed by atoms with Crippen LogP contribution < -0.4 is 5.32 Å². The summed E-state index contributed by atoms with van der Waals surface area (Å²) in [4.78, 5) is 23.2. The van der Waals surface area contributed by atoms with Crippen LogP contribution in [0.1, 0.15) is 16.7 Å². The molecule has 4 nitrogen and oxygen atoms in total. The molecule has 1 atom stereocenters. The summed E-state index contributed by atoms with van der Waals surface area (Å²) in [5, 5.41) is 11.4. The van der Waals surface area contributed by atoms with Crippen molar-refractivity contribution in [1.82, 2.24) is 5.32 Å². The maximum atomic E-state index is 14.0. The number of amides is 1. The molecule has 0 heterocycles. The Morgan fingerprint density at radius 2 is 1.75 bits per heavy atom. The van der Waals surface area contributed by atoms with E-state index in [4.69, 9.17) is 0 Å². The monoisotopic (exact) mass is 327 g/mol. The first kappa shape index (κ1) is 17.4. The lowest BCUT2D eigenvalue weighted by Crippen LogP contribution is -2.42. The van der Waals surface area contributed by atoms with Crippen LogP contribution in [0.15, 0.2) is 60.4 Å². The van der Waals surface area contributed by atoms with Crippen molar-refractivity contribution in [2.24, 2.45) is 0 Å². The largest absolute Gasteiger partial charge is 0.480 e. The van der Waals surface area contributed by atoms with E-state index in [1.165, 1.54) is 0 Å². The average Bonchev–Trinajstić information content (AvgIpc) is 2.57. The smallest absolute Gasteiger partial charge is 0.326 e. The number of halogens is 1. The zero-order valence-electron chi connectivity index (χ0n) is 13.2. The first-order valence-corrected chi connectivity index (χ1v) is 7.47. The van der Waals surface area contributed by atoms with Crippen molar-refractivity contribution in [2.45, 2.75) is 19.4 Å². The van der Waals surface area contributed by atoms with E-state index >= 15 is 0 Å². The van der Waals surface area contributed by atoms with Crippen LogP contribution in [0.5, 0.6) is 0 Å². The van der Waals surface area contributed by atoms with Gasteiger partial charge in [0.2, 0.25) is 0 Å². The molecule has 1 amide bonds. The summed E-state index contributed by atoms with van der Waals surface area (Å²) in [5.41, 5.74) is 2.29. The number of rotatable bonds is 6. The van der Waals surface area contributed by atoms with E-state index in [1.807, 2.05) is 13.0 Å². The summed E-state index contributed by atoms with van der Waals surface area (Å²) >= 11 is 0. The molecule has 5 heteroatoms. The van der Waals surface area contributed by atoms with Gasteiger partial charge in [-0.3, -0.25) is 4.79 Å². The molecule has 0 aliphatic rings. The van der Waals surface area contributed by atoms with E-state index in [-0.39, 0.29) is 6.42 Å². The van der Waals surface area contributed by atoms with Crippen LogP contribution in [0.4, 0.5) is 4.39 Å².